The second kappa shape index (κ2) is 10.7. The number of nitrogens with zero attached hydrogens (tertiary/aromatic N) is 2. The SMILES string of the molecule is CCN(c1ccc(C(=O)N2CCC(NC(=O)NC3CCCCC3)CC2)cc1)C(C)C. The minimum Gasteiger partial charge on any atom is -0.369 e. The lowest BCUT2D eigenvalue weighted by Crippen LogP contribution is -2.51. The number of hydrogen-bond acceptors (Lipinski definition) is 3. The van der Waals surface area contributed by atoms with Crippen LogP contribution in [0.4, 0.5) is 10.5 Å². The van der Waals surface area contributed by atoms with Crippen LogP contribution in [0.5, 0.6) is 0 Å². The fourth-order valence-electron chi connectivity index (χ4n) is 4.71. The Labute approximate surface area is 181 Å². The van der Waals surface area contributed by atoms with Crippen molar-refractivity contribution in [2.45, 2.75) is 83.8 Å². The van der Waals surface area contributed by atoms with Crippen molar-refractivity contribution in [2.75, 3.05) is 24.5 Å². The Hall–Kier alpha value is -2.24. The topological polar surface area (TPSA) is 64.7 Å². The molecule has 0 unspecified atom stereocenters. The summed E-state index contributed by atoms with van der Waals surface area (Å²) in [5.74, 6) is 0.0826. The summed E-state index contributed by atoms with van der Waals surface area (Å²) >= 11 is 0. The van der Waals surface area contributed by atoms with Crippen LogP contribution in [0.2, 0.25) is 0 Å². The lowest BCUT2D eigenvalue weighted by molar-refractivity contribution is 0.0708. The van der Waals surface area contributed by atoms with Crippen LogP contribution in [-0.4, -0.2) is 54.6 Å². The highest BCUT2D eigenvalue weighted by Crippen LogP contribution is 2.20. The molecule has 1 aromatic rings. The normalized spacial score (nSPS) is 18.3. The zero-order chi connectivity index (χ0) is 21.5. The first-order valence-corrected chi connectivity index (χ1v) is 11.7. The number of amides is 3. The zero-order valence-electron chi connectivity index (χ0n) is 18.8. The minimum absolute atomic E-state index is 0.0482. The highest BCUT2D eigenvalue weighted by Gasteiger charge is 2.25. The van der Waals surface area contributed by atoms with Gasteiger partial charge in [0.05, 0.1) is 0 Å². The average molecular weight is 415 g/mol. The third-order valence-electron chi connectivity index (χ3n) is 6.47. The van der Waals surface area contributed by atoms with Gasteiger partial charge in [-0.25, -0.2) is 4.79 Å². The van der Waals surface area contributed by atoms with E-state index in [-0.39, 0.29) is 18.0 Å². The van der Waals surface area contributed by atoms with E-state index in [1.807, 2.05) is 29.2 Å². The lowest BCUT2D eigenvalue weighted by Gasteiger charge is -2.33. The quantitative estimate of drug-likeness (QED) is 0.735. The fraction of sp³-hybridized carbons (Fsp3) is 0.667. The van der Waals surface area contributed by atoms with Gasteiger partial charge in [0.1, 0.15) is 0 Å². The minimum atomic E-state index is -0.0482. The molecule has 0 atom stereocenters. The smallest absolute Gasteiger partial charge is 0.315 e. The number of benzene rings is 1. The number of urea groups is 1. The monoisotopic (exact) mass is 414 g/mol. The molecule has 2 aliphatic rings. The van der Waals surface area contributed by atoms with Crippen molar-refractivity contribution in [3.8, 4) is 0 Å². The summed E-state index contributed by atoms with van der Waals surface area (Å²) in [6, 6.07) is 8.80. The van der Waals surface area contributed by atoms with E-state index in [0.717, 1.165) is 43.5 Å². The molecular formula is C24H38N4O2. The fourth-order valence-corrected chi connectivity index (χ4v) is 4.71. The molecule has 1 saturated heterocycles. The Morgan fingerprint density at radius 2 is 1.53 bits per heavy atom. The van der Waals surface area contributed by atoms with Crippen LogP contribution in [0.3, 0.4) is 0 Å². The first-order valence-electron chi connectivity index (χ1n) is 11.7. The van der Waals surface area contributed by atoms with E-state index < -0.39 is 0 Å². The molecule has 1 aromatic carbocycles. The van der Waals surface area contributed by atoms with Crippen LogP contribution in [0, 0.1) is 0 Å². The van der Waals surface area contributed by atoms with Gasteiger partial charge in [-0.05, 0) is 70.7 Å². The van der Waals surface area contributed by atoms with Gasteiger partial charge in [-0.15, -0.1) is 0 Å². The van der Waals surface area contributed by atoms with Crippen molar-refractivity contribution in [2.24, 2.45) is 0 Å². The maximum absolute atomic E-state index is 12.9. The molecule has 6 heteroatoms. The Bertz CT molecular complexity index is 690. The maximum Gasteiger partial charge on any atom is 0.315 e. The highest BCUT2D eigenvalue weighted by atomic mass is 16.2. The third kappa shape index (κ3) is 5.89. The van der Waals surface area contributed by atoms with Gasteiger partial charge in [0.25, 0.3) is 5.91 Å². The molecule has 0 spiro atoms. The second-order valence-corrected chi connectivity index (χ2v) is 8.95. The van der Waals surface area contributed by atoms with Crippen molar-refractivity contribution in [3.63, 3.8) is 0 Å². The number of rotatable bonds is 6. The molecule has 2 N–H and O–H groups in total. The number of likely N-dealkylation sites (tertiary alicyclic amines) is 1. The zero-order valence-corrected chi connectivity index (χ0v) is 18.8. The van der Waals surface area contributed by atoms with Gasteiger partial charge in [-0.3, -0.25) is 4.79 Å². The summed E-state index contributed by atoms with van der Waals surface area (Å²) < 4.78 is 0. The van der Waals surface area contributed by atoms with Crippen molar-refractivity contribution >= 4 is 17.6 Å². The molecule has 0 aromatic heterocycles. The molecule has 0 bridgehead atoms. The van der Waals surface area contributed by atoms with E-state index in [9.17, 15) is 9.59 Å². The number of hydrogen-bond donors (Lipinski definition) is 2. The van der Waals surface area contributed by atoms with E-state index in [1.54, 1.807) is 0 Å². The number of nitrogens with one attached hydrogen (secondary N) is 2. The highest BCUT2D eigenvalue weighted by molar-refractivity contribution is 5.94. The van der Waals surface area contributed by atoms with E-state index in [2.05, 4.69) is 36.3 Å². The Morgan fingerprint density at radius 1 is 0.967 bits per heavy atom. The first-order chi connectivity index (χ1) is 14.5. The largest absolute Gasteiger partial charge is 0.369 e. The summed E-state index contributed by atoms with van der Waals surface area (Å²) in [4.78, 5) is 29.4. The predicted octanol–water partition coefficient (Wildman–Crippen LogP) is 4.16. The van der Waals surface area contributed by atoms with Crippen molar-refractivity contribution < 1.29 is 9.59 Å². The molecular weight excluding hydrogens is 376 g/mol. The molecule has 166 valence electrons. The number of carbonyl (C=O) groups is 2. The van der Waals surface area contributed by atoms with Crippen LogP contribution < -0.4 is 15.5 Å². The number of anilines is 1. The van der Waals surface area contributed by atoms with Crippen LogP contribution in [0.15, 0.2) is 24.3 Å². The van der Waals surface area contributed by atoms with Gasteiger partial charge in [0.15, 0.2) is 0 Å². The van der Waals surface area contributed by atoms with Gasteiger partial charge in [0, 0.05) is 49.0 Å². The standard InChI is InChI=1S/C24H38N4O2/c1-4-28(18(2)3)22-12-10-19(11-13-22)23(29)27-16-14-21(15-17-27)26-24(30)25-20-8-6-5-7-9-20/h10-13,18,20-21H,4-9,14-17H2,1-3H3,(H2,25,26,30). The molecule has 1 aliphatic heterocycles. The van der Waals surface area contributed by atoms with Crippen LogP contribution in [0.25, 0.3) is 0 Å². The molecule has 3 amide bonds. The molecule has 2 fully saturated rings. The lowest BCUT2D eigenvalue weighted by atomic mass is 9.96. The Kier molecular flexibility index (Phi) is 8.00. The van der Waals surface area contributed by atoms with E-state index >= 15 is 0 Å². The van der Waals surface area contributed by atoms with Gasteiger partial charge in [-0.1, -0.05) is 19.3 Å². The van der Waals surface area contributed by atoms with Crippen molar-refractivity contribution in [1.82, 2.24) is 15.5 Å². The summed E-state index contributed by atoms with van der Waals surface area (Å²) in [6.07, 6.45) is 7.49. The average Bonchev–Trinajstić information content (AvgIpc) is 2.75. The van der Waals surface area contributed by atoms with E-state index in [4.69, 9.17) is 0 Å². The maximum atomic E-state index is 12.9. The predicted molar refractivity (Wildman–Crippen MR) is 122 cm³/mol. The van der Waals surface area contributed by atoms with Gasteiger partial charge in [-0.2, -0.15) is 0 Å². The van der Waals surface area contributed by atoms with Crippen molar-refractivity contribution in [3.05, 3.63) is 29.8 Å². The van der Waals surface area contributed by atoms with E-state index in [0.29, 0.717) is 25.2 Å². The summed E-state index contributed by atoms with van der Waals surface area (Å²) in [5.41, 5.74) is 1.89. The van der Waals surface area contributed by atoms with E-state index in [1.165, 1.54) is 19.3 Å². The van der Waals surface area contributed by atoms with Crippen LogP contribution in [-0.2, 0) is 0 Å². The molecule has 3 rings (SSSR count). The molecule has 1 heterocycles. The van der Waals surface area contributed by atoms with Gasteiger partial charge >= 0.3 is 6.03 Å². The summed E-state index contributed by atoms with van der Waals surface area (Å²) in [7, 11) is 0. The molecule has 1 aliphatic carbocycles. The summed E-state index contributed by atoms with van der Waals surface area (Å²) in [5, 5.41) is 6.23. The van der Waals surface area contributed by atoms with Crippen molar-refractivity contribution in [1.29, 1.82) is 0 Å². The van der Waals surface area contributed by atoms with Gasteiger partial charge < -0.3 is 20.4 Å². The molecule has 0 radical (unpaired) electrons. The molecule has 6 nitrogen and oxygen atoms in total. The molecule has 1 saturated carbocycles. The number of carbonyl (C=O) groups excluding carboxylic acids is 2. The second-order valence-electron chi connectivity index (χ2n) is 8.95. The third-order valence-corrected chi connectivity index (χ3v) is 6.47. The Morgan fingerprint density at radius 3 is 2.07 bits per heavy atom. The summed E-state index contributed by atoms with van der Waals surface area (Å²) in [6.45, 7) is 8.81. The van der Waals surface area contributed by atoms with Crippen LogP contribution in [0.1, 0.15) is 76.1 Å². The van der Waals surface area contributed by atoms with Gasteiger partial charge in [0.2, 0.25) is 0 Å². The number of piperidine rings is 1. The molecule has 30 heavy (non-hydrogen) atoms. The first kappa shape index (κ1) is 22.4. The van der Waals surface area contributed by atoms with Crippen LogP contribution >= 0.6 is 0 Å². The Balaban J connectivity index is 1.46.